The zero-order valence-electron chi connectivity index (χ0n) is 7.40. The average molecular weight is 183 g/mol. The number of hydrogen-bond donors (Lipinski definition) is 3. The fourth-order valence-corrected chi connectivity index (χ4v) is 1.05. The highest BCUT2D eigenvalue weighted by molar-refractivity contribution is 5.41. The molecule has 1 rings (SSSR count). The first-order valence-corrected chi connectivity index (χ1v) is 3.92. The smallest absolute Gasteiger partial charge is 0.120 e. The number of aliphatic hydroxyl groups excluding tert-OH is 1. The molecule has 0 amide bonds. The van der Waals surface area contributed by atoms with Crippen molar-refractivity contribution in [1.82, 2.24) is 0 Å². The van der Waals surface area contributed by atoms with Gasteiger partial charge in [0, 0.05) is 5.56 Å². The van der Waals surface area contributed by atoms with E-state index >= 15 is 0 Å². The Labute approximate surface area is 76.6 Å². The van der Waals surface area contributed by atoms with Gasteiger partial charge in [0.1, 0.15) is 11.5 Å². The number of hydrogen-bond acceptors (Lipinski definition) is 4. The third kappa shape index (κ3) is 2.11. The Hall–Kier alpha value is -1.26. The molecule has 1 unspecified atom stereocenters. The van der Waals surface area contributed by atoms with Crippen LogP contribution in [0.3, 0.4) is 0 Å². The summed E-state index contributed by atoms with van der Waals surface area (Å²) in [6.45, 7) is -0.208. The Morgan fingerprint density at radius 2 is 2.23 bits per heavy atom. The number of rotatable bonds is 3. The highest BCUT2D eigenvalue weighted by Crippen LogP contribution is 2.26. The molecule has 4 N–H and O–H groups in total. The molecule has 0 spiro atoms. The normalized spacial score (nSPS) is 12.5. The number of methoxy groups -OCH3 is 1. The number of benzene rings is 1. The molecule has 4 nitrogen and oxygen atoms in total. The van der Waals surface area contributed by atoms with Crippen LogP contribution in [0.2, 0.25) is 0 Å². The van der Waals surface area contributed by atoms with Crippen LogP contribution < -0.4 is 10.5 Å². The molecule has 0 saturated carbocycles. The van der Waals surface area contributed by atoms with E-state index in [1.54, 1.807) is 12.1 Å². The third-order valence-electron chi connectivity index (χ3n) is 1.83. The average Bonchev–Trinajstić information content (AvgIpc) is 2.17. The molecular weight excluding hydrogens is 170 g/mol. The van der Waals surface area contributed by atoms with Crippen LogP contribution >= 0.6 is 0 Å². The summed E-state index contributed by atoms with van der Waals surface area (Å²) in [5, 5.41) is 18.2. The lowest BCUT2D eigenvalue weighted by atomic mass is 10.1. The topological polar surface area (TPSA) is 75.7 Å². The summed E-state index contributed by atoms with van der Waals surface area (Å²) in [5.41, 5.74) is 6.04. The van der Waals surface area contributed by atoms with Crippen LogP contribution in [0.4, 0.5) is 0 Å². The van der Waals surface area contributed by atoms with Crippen molar-refractivity contribution in [3.8, 4) is 11.5 Å². The van der Waals surface area contributed by atoms with Crippen molar-refractivity contribution in [2.45, 2.75) is 6.04 Å². The molecule has 0 aromatic heterocycles. The SMILES string of the molecule is COc1ccc(O)c(C(N)CO)c1. The number of phenols is 1. The number of phenolic OH excluding ortho intramolecular Hbond substituents is 1. The highest BCUT2D eigenvalue weighted by Gasteiger charge is 2.10. The summed E-state index contributed by atoms with van der Waals surface area (Å²) in [5.74, 6) is 0.680. The van der Waals surface area contributed by atoms with Crippen molar-refractivity contribution in [3.63, 3.8) is 0 Å². The van der Waals surface area contributed by atoms with E-state index in [0.717, 1.165) is 0 Å². The van der Waals surface area contributed by atoms with E-state index in [2.05, 4.69) is 0 Å². The number of ether oxygens (including phenoxy) is 1. The van der Waals surface area contributed by atoms with Gasteiger partial charge in [-0.15, -0.1) is 0 Å². The molecule has 0 heterocycles. The maximum absolute atomic E-state index is 9.39. The predicted octanol–water partition coefficient (Wildman–Crippen LogP) is 0.393. The third-order valence-corrected chi connectivity index (χ3v) is 1.83. The van der Waals surface area contributed by atoms with Crippen molar-refractivity contribution in [1.29, 1.82) is 0 Å². The maximum Gasteiger partial charge on any atom is 0.120 e. The van der Waals surface area contributed by atoms with Crippen LogP contribution in [-0.4, -0.2) is 23.9 Å². The van der Waals surface area contributed by atoms with Crippen molar-refractivity contribution < 1.29 is 14.9 Å². The molecular formula is C9H13NO3. The molecule has 72 valence electrons. The lowest BCUT2D eigenvalue weighted by molar-refractivity contribution is 0.265. The summed E-state index contributed by atoms with van der Waals surface area (Å²) in [6, 6.07) is 4.15. The number of nitrogens with two attached hydrogens (primary N) is 1. The van der Waals surface area contributed by atoms with Crippen molar-refractivity contribution in [3.05, 3.63) is 23.8 Å². The first-order valence-electron chi connectivity index (χ1n) is 3.92. The summed E-state index contributed by atoms with van der Waals surface area (Å²) in [7, 11) is 1.53. The van der Waals surface area contributed by atoms with E-state index in [4.69, 9.17) is 15.6 Å². The maximum atomic E-state index is 9.39. The van der Waals surface area contributed by atoms with Gasteiger partial charge in [-0.05, 0) is 18.2 Å². The Kier molecular flexibility index (Phi) is 3.11. The molecule has 1 atom stereocenters. The lowest BCUT2D eigenvalue weighted by Crippen LogP contribution is -2.14. The van der Waals surface area contributed by atoms with Gasteiger partial charge in [0.25, 0.3) is 0 Å². The first-order chi connectivity index (χ1) is 6.19. The zero-order valence-corrected chi connectivity index (χ0v) is 7.40. The summed E-state index contributed by atoms with van der Waals surface area (Å²) in [4.78, 5) is 0. The molecule has 4 heteroatoms. The molecule has 0 radical (unpaired) electrons. The highest BCUT2D eigenvalue weighted by atomic mass is 16.5. The standard InChI is InChI=1S/C9H13NO3/c1-13-6-2-3-9(12)7(4-6)8(10)5-11/h2-4,8,11-12H,5,10H2,1H3. The number of aromatic hydroxyl groups is 1. The van der Waals surface area contributed by atoms with Gasteiger partial charge in [-0.1, -0.05) is 0 Å². The van der Waals surface area contributed by atoms with Crippen molar-refractivity contribution >= 4 is 0 Å². The van der Waals surface area contributed by atoms with Gasteiger partial charge in [0.2, 0.25) is 0 Å². The first kappa shape index (κ1) is 9.83. The number of aliphatic hydroxyl groups is 1. The minimum absolute atomic E-state index is 0.0716. The van der Waals surface area contributed by atoms with Crippen LogP contribution in [0.1, 0.15) is 11.6 Å². The fraction of sp³-hybridized carbons (Fsp3) is 0.333. The van der Waals surface area contributed by atoms with Crippen LogP contribution in [0.5, 0.6) is 11.5 Å². The van der Waals surface area contributed by atoms with Gasteiger partial charge in [-0.25, -0.2) is 0 Å². The minimum Gasteiger partial charge on any atom is -0.508 e. The van der Waals surface area contributed by atoms with Crippen LogP contribution in [-0.2, 0) is 0 Å². The molecule has 0 aliphatic rings. The second-order valence-electron chi connectivity index (χ2n) is 2.71. The Bertz CT molecular complexity index is 288. The molecule has 0 aliphatic carbocycles. The summed E-state index contributed by atoms with van der Waals surface area (Å²) < 4.78 is 4.96. The quantitative estimate of drug-likeness (QED) is 0.633. The Morgan fingerprint density at radius 3 is 2.77 bits per heavy atom. The zero-order chi connectivity index (χ0) is 9.84. The Balaban J connectivity index is 3.03. The fourth-order valence-electron chi connectivity index (χ4n) is 1.05. The van der Waals surface area contributed by atoms with Crippen molar-refractivity contribution in [2.24, 2.45) is 5.73 Å². The summed E-state index contributed by atoms with van der Waals surface area (Å²) in [6.07, 6.45) is 0. The monoisotopic (exact) mass is 183 g/mol. The summed E-state index contributed by atoms with van der Waals surface area (Å²) >= 11 is 0. The van der Waals surface area contributed by atoms with Gasteiger partial charge in [0.05, 0.1) is 19.8 Å². The van der Waals surface area contributed by atoms with E-state index < -0.39 is 6.04 Å². The van der Waals surface area contributed by atoms with E-state index in [9.17, 15) is 5.11 Å². The van der Waals surface area contributed by atoms with Gasteiger partial charge >= 0.3 is 0 Å². The van der Waals surface area contributed by atoms with Gasteiger partial charge in [-0.2, -0.15) is 0 Å². The second kappa shape index (κ2) is 4.11. The molecule has 0 bridgehead atoms. The minimum atomic E-state index is -0.574. The van der Waals surface area contributed by atoms with E-state index in [1.807, 2.05) is 0 Å². The van der Waals surface area contributed by atoms with Gasteiger partial charge < -0.3 is 20.7 Å². The Morgan fingerprint density at radius 1 is 1.54 bits per heavy atom. The predicted molar refractivity (Wildman–Crippen MR) is 48.7 cm³/mol. The molecule has 1 aromatic carbocycles. The van der Waals surface area contributed by atoms with Gasteiger partial charge in [0.15, 0.2) is 0 Å². The molecule has 0 fully saturated rings. The largest absolute Gasteiger partial charge is 0.508 e. The van der Waals surface area contributed by atoms with Gasteiger partial charge in [-0.3, -0.25) is 0 Å². The van der Waals surface area contributed by atoms with Crippen LogP contribution in [0, 0.1) is 0 Å². The van der Waals surface area contributed by atoms with Crippen LogP contribution in [0.25, 0.3) is 0 Å². The molecule has 0 aliphatic heterocycles. The molecule has 13 heavy (non-hydrogen) atoms. The van der Waals surface area contributed by atoms with E-state index in [1.165, 1.54) is 13.2 Å². The molecule has 1 aromatic rings. The van der Waals surface area contributed by atoms with Crippen LogP contribution in [0.15, 0.2) is 18.2 Å². The van der Waals surface area contributed by atoms with E-state index in [-0.39, 0.29) is 12.4 Å². The molecule has 0 saturated heterocycles. The second-order valence-corrected chi connectivity index (χ2v) is 2.71. The van der Waals surface area contributed by atoms with E-state index in [0.29, 0.717) is 11.3 Å². The lowest BCUT2D eigenvalue weighted by Gasteiger charge is -2.11. The van der Waals surface area contributed by atoms with Crippen molar-refractivity contribution in [2.75, 3.05) is 13.7 Å².